The molecule has 0 atom stereocenters. The fourth-order valence-corrected chi connectivity index (χ4v) is 1.68. The van der Waals surface area contributed by atoms with E-state index in [2.05, 4.69) is 29.0 Å². The molecule has 0 saturated heterocycles. The molecule has 1 heterocycles. The second-order valence-electron chi connectivity index (χ2n) is 4.11. The largest absolute Gasteiger partial charge is 0.263 e. The lowest BCUT2D eigenvalue weighted by Gasteiger charge is -1.96. The fraction of sp³-hybridized carbons (Fsp3) is 0.833. The third-order valence-corrected chi connectivity index (χ3v) is 2.57. The number of rotatable bonds is 8. The van der Waals surface area contributed by atoms with Gasteiger partial charge in [0.2, 0.25) is 0 Å². The predicted molar refractivity (Wildman–Crippen MR) is 62.8 cm³/mol. The minimum absolute atomic E-state index is 0.995. The fourth-order valence-electron chi connectivity index (χ4n) is 1.68. The van der Waals surface area contributed by atoms with Gasteiger partial charge in [-0.2, -0.15) is 5.10 Å². The third-order valence-electron chi connectivity index (χ3n) is 2.57. The Bertz CT molecular complexity index is 255. The van der Waals surface area contributed by atoms with E-state index in [1.54, 1.807) is 0 Å². The molecule has 0 aromatic carbocycles. The Kier molecular flexibility index (Phi) is 6.05. The first kappa shape index (κ1) is 12.2. The summed E-state index contributed by atoms with van der Waals surface area (Å²) < 4.78 is 0. The van der Waals surface area contributed by atoms with Crippen molar-refractivity contribution >= 4 is 0 Å². The number of aryl methyl sites for hydroxylation is 2. The highest BCUT2D eigenvalue weighted by Gasteiger charge is 2.01. The van der Waals surface area contributed by atoms with Crippen LogP contribution in [0.2, 0.25) is 0 Å². The Hall–Kier alpha value is -0.860. The summed E-state index contributed by atoms with van der Waals surface area (Å²) >= 11 is 0. The van der Waals surface area contributed by atoms with Gasteiger partial charge in [-0.25, -0.2) is 4.98 Å². The summed E-state index contributed by atoms with van der Waals surface area (Å²) in [7, 11) is 0. The molecule has 86 valence electrons. The van der Waals surface area contributed by atoms with E-state index >= 15 is 0 Å². The van der Waals surface area contributed by atoms with Crippen molar-refractivity contribution in [3.8, 4) is 0 Å². The number of nitrogens with one attached hydrogen (secondary N) is 1. The molecule has 0 fully saturated rings. The zero-order valence-electron chi connectivity index (χ0n) is 10.1. The van der Waals surface area contributed by atoms with Crippen molar-refractivity contribution in [2.75, 3.05) is 0 Å². The molecule has 0 aliphatic carbocycles. The highest BCUT2D eigenvalue weighted by Crippen LogP contribution is 2.06. The van der Waals surface area contributed by atoms with Crippen molar-refractivity contribution in [3.05, 3.63) is 11.6 Å². The van der Waals surface area contributed by atoms with Crippen LogP contribution in [0.1, 0.15) is 64.0 Å². The minimum Gasteiger partial charge on any atom is -0.263 e. The molecule has 1 rings (SSSR count). The Labute approximate surface area is 92.7 Å². The average Bonchev–Trinajstić information content (AvgIpc) is 2.66. The number of hydrogen-bond donors (Lipinski definition) is 1. The highest BCUT2D eigenvalue weighted by molar-refractivity contribution is 4.90. The van der Waals surface area contributed by atoms with Crippen LogP contribution in [0.15, 0.2) is 0 Å². The van der Waals surface area contributed by atoms with Gasteiger partial charge in [0.25, 0.3) is 0 Å². The Morgan fingerprint density at radius 1 is 0.933 bits per heavy atom. The van der Waals surface area contributed by atoms with Gasteiger partial charge in [-0.1, -0.05) is 39.5 Å². The summed E-state index contributed by atoms with van der Waals surface area (Å²) in [5.74, 6) is 2.04. The van der Waals surface area contributed by atoms with Gasteiger partial charge >= 0.3 is 0 Å². The molecule has 0 saturated carbocycles. The second kappa shape index (κ2) is 7.43. The molecule has 1 N–H and O–H groups in total. The highest BCUT2D eigenvalue weighted by atomic mass is 15.2. The summed E-state index contributed by atoms with van der Waals surface area (Å²) in [4.78, 5) is 4.45. The minimum atomic E-state index is 0.995. The van der Waals surface area contributed by atoms with Gasteiger partial charge in [0.05, 0.1) is 0 Å². The van der Waals surface area contributed by atoms with Crippen LogP contribution >= 0.6 is 0 Å². The lowest BCUT2D eigenvalue weighted by atomic mass is 10.1. The number of nitrogens with zero attached hydrogens (tertiary/aromatic N) is 2. The number of hydrogen-bond acceptors (Lipinski definition) is 2. The summed E-state index contributed by atoms with van der Waals surface area (Å²) in [5, 5.41) is 7.21. The van der Waals surface area contributed by atoms with Crippen molar-refractivity contribution in [3.63, 3.8) is 0 Å². The maximum atomic E-state index is 4.45. The van der Waals surface area contributed by atoms with Gasteiger partial charge in [0.1, 0.15) is 5.82 Å². The Morgan fingerprint density at radius 2 is 1.73 bits per heavy atom. The van der Waals surface area contributed by atoms with Gasteiger partial charge in [-0.3, -0.25) is 5.10 Å². The lowest BCUT2D eigenvalue weighted by molar-refractivity contribution is 0.623. The molecule has 0 bridgehead atoms. The zero-order chi connectivity index (χ0) is 10.9. The van der Waals surface area contributed by atoms with Gasteiger partial charge in [-0.05, 0) is 12.8 Å². The predicted octanol–water partition coefficient (Wildman–Crippen LogP) is 3.27. The van der Waals surface area contributed by atoms with E-state index in [-0.39, 0.29) is 0 Å². The number of aromatic nitrogens is 3. The number of aromatic amines is 1. The quantitative estimate of drug-likeness (QED) is 0.668. The SMILES string of the molecule is CCCCCCCc1n[nH]c(CCC)n1. The molecule has 0 spiro atoms. The molecular formula is C12H23N3. The zero-order valence-corrected chi connectivity index (χ0v) is 10.1. The van der Waals surface area contributed by atoms with Crippen LogP contribution in [0.5, 0.6) is 0 Å². The molecule has 0 aliphatic heterocycles. The average molecular weight is 209 g/mol. The van der Waals surface area contributed by atoms with Crippen molar-refractivity contribution in [2.24, 2.45) is 0 Å². The third kappa shape index (κ3) is 4.96. The van der Waals surface area contributed by atoms with E-state index in [9.17, 15) is 0 Å². The summed E-state index contributed by atoms with van der Waals surface area (Å²) in [5.41, 5.74) is 0. The van der Waals surface area contributed by atoms with Crippen LogP contribution < -0.4 is 0 Å². The Balaban J connectivity index is 2.14. The van der Waals surface area contributed by atoms with Crippen LogP contribution in [0, 0.1) is 0 Å². The van der Waals surface area contributed by atoms with E-state index in [1.807, 2.05) is 0 Å². The van der Waals surface area contributed by atoms with Crippen LogP contribution in [0.4, 0.5) is 0 Å². The standard InChI is InChI=1S/C12H23N3/c1-3-5-6-7-8-10-12-13-11(9-4-2)14-15-12/h3-10H2,1-2H3,(H,13,14,15). The van der Waals surface area contributed by atoms with Crippen LogP contribution in [0.25, 0.3) is 0 Å². The molecule has 0 radical (unpaired) electrons. The molecule has 0 amide bonds. The van der Waals surface area contributed by atoms with Gasteiger partial charge in [-0.15, -0.1) is 0 Å². The summed E-state index contributed by atoms with van der Waals surface area (Å²) in [6.45, 7) is 4.40. The lowest BCUT2D eigenvalue weighted by Crippen LogP contribution is -1.90. The smallest absolute Gasteiger partial charge is 0.150 e. The van der Waals surface area contributed by atoms with Crippen molar-refractivity contribution in [2.45, 2.75) is 65.2 Å². The maximum Gasteiger partial charge on any atom is 0.150 e. The van der Waals surface area contributed by atoms with Crippen LogP contribution in [0.3, 0.4) is 0 Å². The molecule has 3 heteroatoms. The van der Waals surface area contributed by atoms with E-state index in [4.69, 9.17) is 0 Å². The molecule has 3 nitrogen and oxygen atoms in total. The van der Waals surface area contributed by atoms with Crippen molar-refractivity contribution in [1.82, 2.24) is 15.2 Å². The van der Waals surface area contributed by atoms with Crippen molar-refractivity contribution < 1.29 is 0 Å². The van der Waals surface area contributed by atoms with Gasteiger partial charge in [0, 0.05) is 12.8 Å². The first-order valence-electron chi connectivity index (χ1n) is 6.27. The van der Waals surface area contributed by atoms with Gasteiger partial charge < -0.3 is 0 Å². The van der Waals surface area contributed by atoms with Crippen molar-refractivity contribution in [1.29, 1.82) is 0 Å². The topological polar surface area (TPSA) is 41.6 Å². The van der Waals surface area contributed by atoms with Gasteiger partial charge in [0.15, 0.2) is 5.82 Å². The first-order chi connectivity index (χ1) is 7.36. The number of unbranched alkanes of at least 4 members (excludes halogenated alkanes) is 4. The molecule has 1 aromatic rings. The van der Waals surface area contributed by atoms with Crippen LogP contribution in [-0.4, -0.2) is 15.2 Å². The molecule has 0 aliphatic rings. The second-order valence-corrected chi connectivity index (χ2v) is 4.11. The van der Waals surface area contributed by atoms with E-state index < -0.39 is 0 Å². The first-order valence-corrected chi connectivity index (χ1v) is 6.27. The van der Waals surface area contributed by atoms with E-state index in [0.29, 0.717) is 0 Å². The molecule has 0 unspecified atom stereocenters. The number of H-pyrrole nitrogens is 1. The van der Waals surface area contributed by atoms with E-state index in [0.717, 1.165) is 30.9 Å². The van der Waals surface area contributed by atoms with Crippen LogP contribution in [-0.2, 0) is 12.8 Å². The Morgan fingerprint density at radius 3 is 2.47 bits per heavy atom. The molecule has 15 heavy (non-hydrogen) atoms. The summed E-state index contributed by atoms with van der Waals surface area (Å²) in [6.07, 6.45) is 9.73. The maximum absolute atomic E-state index is 4.45. The van der Waals surface area contributed by atoms with E-state index in [1.165, 1.54) is 32.1 Å². The normalized spacial score (nSPS) is 10.8. The molecular weight excluding hydrogens is 186 g/mol. The summed E-state index contributed by atoms with van der Waals surface area (Å²) in [6, 6.07) is 0. The monoisotopic (exact) mass is 209 g/mol. The molecule has 1 aromatic heterocycles.